The predicted octanol–water partition coefficient (Wildman–Crippen LogP) is 4.86. The lowest BCUT2D eigenvalue weighted by molar-refractivity contribution is -0.136. The van der Waals surface area contributed by atoms with Crippen LogP contribution in [-0.2, 0) is 11.3 Å². The van der Waals surface area contributed by atoms with E-state index in [-0.39, 0.29) is 18.9 Å². The van der Waals surface area contributed by atoms with Gasteiger partial charge in [0.25, 0.3) is 5.91 Å². The number of thiazole rings is 1. The number of amides is 1. The normalized spacial score (nSPS) is 10.5. The number of carbonyl (C=O) groups excluding carboxylic acids is 1. The van der Waals surface area contributed by atoms with Gasteiger partial charge in [0.05, 0.1) is 12.1 Å². The molecule has 0 saturated heterocycles. The number of nitrogens with one attached hydrogen (secondary N) is 1. The molecule has 0 aliphatic rings. The van der Waals surface area contributed by atoms with E-state index in [0.717, 1.165) is 22.0 Å². The second-order valence-corrected chi connectivity index (χ2v) is 8.06. The second-order valence-electron chi connectivity index (χ2n) is 6.79. The van der Waals surface area contributed by atoms with Crippen molar-refractivity contribution in [2.45, 2.75) is 13.0 Å². The van der Waals surface area contributed by atoms with Gasteiger partial charge in [-0.3, -0.25) is 9.59 Å². The molecular weight excluding hydrogens is 434 g/mol. The first-order valence-corrected chi connectivity index (χ1v) is 10.9. The van der Waals surface area contributed by atoms with Crippen molar-refractivity contribution >= 4 is 39.9 Å². The van der Waals surface area contributed by atoms with Crippen LogP contribution in [-0.4, -0.2) is 35.1 Å². The maximum absolute atomic E-state index is 12.1. The first kappa shape index (κ1) is 22.5. The van der Waals surface area contributed by atoms with Crippen LogP contribution in [0.25, 0.3) is 11.3 Å². The maximum Gasteiger partial charge on any atom is 0.305 e. The summed E-state index contributed by atoms with van der Waals surface area (Å²) in [4.78, 5) is 29.5. The zero-order valence-electron chi connectivity index (χ0n) is 16.8. The summed E-state index contributed by atoms with van der Waals surface area (Å²) in [5.41, 5.74) is 3.40. The molecule has 2 N–H and O–H groups in total. The number of benzene rings is 2. The van der Waals surface area contributed by atoms with Crippen LogP contribution in [0.5, 0.6) is 0 Å². The first-order chi connectivity index (χ1) is 15.0. The zero-order chi connectivity index (χ0) is 22.2. The molecule has 8 heteroatoms. The molecule has 0 fully saturated rings. The molecule has 1 amide bonds. The van der Waals surface area contributed by atoms with Gasteiger partial charge in [0, 0.05) is 41.2 Å². The predicted molar refractivity (Wildman–Crippen MR) is 125 cm³/mol. The highest BCUT2D eigenvalue weighted by Crippen LogP contribution is 2.29. The summed E-state index contributed by atoms with van der Waals surface area (Å²) >= 11 is 7.53. The summed E-state index contributed by atoms with van der Waals surface area (Å²) in [6.07, 6.45) is 1.72. The molecule has 0 radical (unpaired) electrons. The Morgan fingerprint density at radius 2 is 1.87 bits per heavy atom. The highest BCUT2D eigenvalue weighted by Gasteiger charge is 2.13. The van der Waals surface area contributed by atoms with Gasteiger partial charge in [0.1, 0.15) is 0 Å². The van der Waals surface area contributed by atoms with E-state index in [2.05, 4.69) is 16.8 Å². The van der Waals surface area contributed by atoms with E-state index in [0.29, 0.717) is 23.7 Å². The lowest BCUT2D eigenvalue weighted by Gasteiger charge is -2.20. The van der Waals surface area contributed by atoms with E-state index >= 15 is 0 Å². The van der Waals surface area contributed by atoms with Crippen LogP contribution in [0, 0.1) is 0 Å². The highest BCUT2D eigenvalue weighted by molar-refractivity contribution is 7.14. The molecule has 160 valence electrons. The molecule has 0 bridgehead atoms. The number of carbonyl (C=O) groups is 2. The van der Waals surface area contributed by atoms with Crippen LogP contribution in [0.2, 0.25) is 5.02 Å². The van der Waals surface area contributed by atoms with Gasteiger partial charge in [0.2, 0.25) is 0 Å². The van der Waals surface area contributed by atoms with Gasteiger partial charge in [-0.2, -0.15) is 0 Å². The van der Waals surface area contributed by atoms with Crippen molar-refractivity contribution in [3.8, 4) is 11.3 Å². The van der Waals surface area contributed by atoms with Crippen LogP contribution in [0.4, 0.5) is 5.13 Å². The first-order valence-electron chi connectivity index (χ1n) is 9.62. The molecule has 2 aromatic carbocycles. The lowest BCUT2D eigenvalue weighted by atomic mass is 10.1. The summed E-state index contributed by atoms with van der Waals surface area (Å²) in [6.45, 7) is 5.19. The van der Waals surface area contributed by atoms with Crippen LogP contribution in [0.3, 0.4) is 0 Å². The number of halogens is 1. The highest BCUT2D eigenvalue weighted by atomic mass is 35.5. The van der Waals surface area contributed by atoms with E-state index < -0.39 is 5.97 Å². The van der Waals surface area contributed by atoms with Crippen LogP contribution >= 0.6 is 22.9 Å². The van der Waals surface area contributed by atoms with Crippen molar-refractivity contribution in [2.24, 2.45) is 0 Å². The van der Waals surface area contributed by atoms with E-state index in [9.17, 15) is 9.59 Å². The number of hydrogen-bond donors (Lipinski definition) is 2. The fourth-order valence-electron chi connectivity index (χ4n) is 2.90. The SMILES string of the molecule is C=CCN(Cc1ccc(C(=O)NCCC(=O)O)cc1)c1nc(-c2ccc(Cl)cc2)cs1. The molecular formula is C23H22ClN3O3S. The fourth-order valence-corrected chi connectivity index (χ4v) is 3.87. The van der Waals surface area contributed by atoms with E-state index in [1.807, 2.05) is 47.9 Å². The van der Waals surface area contributed by atoms with Gasteiger partial charge in [-0.15, -0.1) is 17.9 Å². The Morgan fingerprint density at radius 3 is 2.52 bits per heavy atom. The van der Waals surface area contributed by atoms with Gasteiger partial charge >= 0.3 is 5.97 Å². The average Bonchev–Trinajstić information content (AvgIpc) is 3.24. The van der Waals surface area contributed by atoms with Crippen LogP contribution in [0.1, 0.15) is 22.3 Å². The van der Waals surface area contributed by atoms with E-state index in [1.165, 1.54) is 0 Å². The molecule has 0 saturated carbocycles. The zero-order valence-corrected chi connectivity index (χ0v) is 18.3. The second kappa shape index (κ2) is 10.7. The quantitative estimate of drug-likeness (QED) is 0.426. The Labute approximate surface area is 189 Å². The van der Waals surface area contributed by atoms with Gasteiger partial charge in [-0.25, -0.2) is 4.98 Å². The average molecular weight is 456 g/mol. The minimum Gasteiger partial charge on any atom is -0.481 e. The van der Waals surface area contributed by atoms with E-state index in [1.54, 1.807) is 23.5 Å². The number of nitrogens with zero attached hydrogens (tertiary/aromatic N) is 2. The van der Waals surface area contributed by atoms with Crippen LogP contribution in [0.15, 0.2) is 66.6 Å². The Kier molecular flexibility index (Phi) is 7.81. The summed E-state index contributed by atoms with van der Waals surface area (Å²) in [6, 6.07) is 14.8. The Hall–Kier alpha value is -3.16. The molecule has 0 spiro atoms. The third kappa shape index (κ3) is 6.41. The molecule has 0 aliphatic carbocycles. The Balaban J connectivity index is 1.67. The van der Waals surface area contributed by atoms with Crippen molar-refractivity contribution in [3.63, 3.8) is 0 Å². The molecule has 0 aliphatic heterocycles. The molecule has 3 aromatic rings. The van der Waals surface area contributed by atoms with Crippen molar-refractivity contribution in [3.05, 3.63) is 82.7 Å². The summed E-state index contributed by atoms with van der Waals surface area (Å²) in [5, 5.41) is 14.8. The molecule has 0 unspecified atom stereocenters. The topological polar surface area (TPSA) is 82.5 Å². The largest absolute Gasteiger partial charge is 0.481 e. The Bertz CT molecular complexity index is 1050. The number of carboxylic acids is 1. The molecule has 6 nitrogen and oxygen atoms in total. The monoisotopic (exact) mass is 455 g/mol. The fraction of sp³-hybridized carbons (Fsp3) is 0.174. The molecule has 1 aromatic heterocycles. The standard InChI is InChI=1S/C23H22ClN3O3S/c1-2-13-27(23-26-20(15-31-23)17-7-9-19(24)10-8-17)14-16-3-5-18(6-4-16)22(30)25-12-11-21(28)29/h2-10,15H,1,11-14H2,(H,25,30)(H,28,29). The minimum absolute atomic E-state index is 0.100. The molecule has 3 rings (SSSR count). The number of rotatable bonds is 10. The maximum atomic E-state index is 12.1. The number of aromatic nitrogens is 1. The lowest BCUT2D eigenvalue weighted by Crippen LogP contribution is -2.26. The molecule has 31 heavy (non-hydrogen) atoms. The van der Waals surface area contributed by atoms with Crippen molar-refractivity contribution < 1.29 is 14.7 Å². The van der Waals surface area contributed by atoms with E-state index in [4.69, 9.17) is 21.7 Å². The minimum atomic E-state index is -0.945. The van der Waals surface area contributed by atoms with Crippen LogP contribution < -0.4 is 10.2 Å². The summed E-state index contributed by atoms with van der Waals surface area (Å²) < 4.78 is 0. The van der Waals surface area contributed by atoms with Crippen molar-refractivity contribution in [1.29, 1.82) is 0 Å². The Morgan fingerprint density at radius 1 is 1.16 bits per heavy atom. The number of aliphatic carboxylic acids is 1. The third-order valence-corrected chi connectivity index (χ3v) is 5.62. The van der Waals surface area contributed by atoms with Crippen molar-refractivity contribution in [2.75, 3.05) is 18.0 Å². The molecule has 1 heterocycles. The number of hydrogen-bond acceptors (Lipinski definition) is 5. The summed E-state index contributed by atoms with van der Waals surface area (Å²) in [5.74, 6) is -1.23. The number of carboxylic acid groups (broad SMARTS) is 1. The smallest absolute Gasteiger partial charge is 0.305 e. The van der Waals surface area contributed by atoms with Gasteiger partial charge in [0.15, 0.2) is 5.13 Å². The summed E-state index contributed by atoms with van der Waals surface area (Å²) in [7, 11) is 0. The number of anilines is 1. The molecule has 0 atom stereocenters. The third-order valence-electron chi connectivity index (χ3n) is 4.47. The van der Waals surface area contributed by atoms with Gasteiger partial charge < -0.3 is 15.3 Å². The van der Waals surface area contributed by atoms with Gasteiger partial charge in [-0.1, -0.05) is 41.9 Å². The van der Waals surface area contributed by atoms with Crippen molar-refractivity contribution in [1.82, 2.24) is 10.3 Å². The van der Waals surface area contributed by atoms with Gasteiger partial charge in [-0.05, 0) is 29.8 Å².